The van der Waals surface area contributed by atoms with Gasteiger partial charge in [-0.15, -0.1) is 24.8 Å². The number of alkyl halides is 3. The number of ether oxygens (including phenoxy) is 1. The zero-order valence-electron chi connectivity index (χ0n) is 7.92. The molecule has 0 N–H and O–H groups in total. The topological polar surface area (TPSA) is 9.23 Å². The van der Waals surface area contributed by atoms with E-state index in [2.05, 4.69) is 16.4 Å². The highest BCUT2D eigenvalue weighted by atomic mass is 33.1. The average molecular weight is 272 g/mol. The lowest BCUT2D eigenvalue weighted by Crippen LogP contribution is -2.18. The maximum absolute atomic E-state index is 13.5. The molecule has 1 aromatic rings. The zero-order chi connectivity index (χ0) is 12.2. The molecule has 0 aliphatic heterocycles. The van der Waals surface area contributed by atoms with E-state index in [4.69, 9.17) is 0 Å². The summed E-state index contributed by atoms with van der Waals surface area (Å²) in [6.45, 7) is 0. The number of hydrogen-bond acceptors (Lipinski definition) is 3. The van der Waals surface area contributed by atoms with Crippen LogP contribution in [0.15, 0.2) is 18.2 Å². The van der Waals surface area contributed by atoms with Crippen LogP contribution < -0.4 is 4.74 Å². The van der Waals surface area contributed by atoms with Crippen LogP contribution in [0, 0.1) is 5.82 Å². The van der Waals surface area contributed by atoms with Gasteiger partial charge in [-0.25, -0.2) is 4.39 Å². The van der Waals surface area contributed by atoms with Crippen molar-refractivity contribution in [1.29, 1.82) is 0 Å². The molecule has 7 heteroatoms. The number of aryl methyl sites for hydroxylation is 1. The summed E-state index contributed by atoms with van der Waals surface area (Å²) in [4.78, 5) is 0. The smallest absolute Gasteiger partial charge is 0.403 e. The van der Waals surface area contributed by atoms with E-state index in [1.165, 1.54) is 22.9 Å². The molecule has 0 spiro atoms. The molecule has 1 nitrogen and oxygen atoms in total. The third-order valence-corrected chi connectivity index (χ3v) is 2.67. The first-order chi connectivity index (χ1) is 7.44. The third-order valence-electron chi connectivity index (χ3n) is 1.73. The van der Waals surface area contributed by atoms with Gasteiger partial charge < -0.3 is 4.74 Å². The monoisotopic (exact) mass is 272 g/mol. The maximum Gasteiger partial charge on any atom is 0.573 e. The average Bonchev–Trinajstić information content (AvgIpc) is 2.17. The molecule has 0 saturated carbocycles. The highest BCUT2D eigenvalue weighted by molar-refractivity contribution is 8.68. The van der Waals surface area contributed by atoms with Crippen LogP contribution in [0.3, 0.4) is 0 Å². The lowest BCUT2D eigenvalue weighted by Gasteiger charge is -2.11. The lowest BCUT2D eigenvalue weighted by molar-refractivity contribution is -0.275. The Morgan fingerprint density at radius 1 is 1.31 bits per heavy atom. The Bertz CT molecular complexity index is 354. The molecular weight excluding hydrogens is 264 g/mol. The molecule has 16 heavy (non-hydrogen) atoms. The van der Waals surface area contributed by atoms with Crippen LogP contribution in [0.25, 0.3) is 0 Å². The van der Waals surface area contributed by atoms with Gasteiger partial charge in [-0.1, -0.05) is 22.9 Å². The van der Waals surface area contributed by atoms with Gasteiger partial charge in [0.2, 0.25) is 0 Å². The van der Waals surface area contributed by atoms with Gasteiger partial charge in [-0.3, -0.25) is 0 Å². The van der Waals surface area contributed by atoms with Gasteiger partial charge in [-0.2, -0.15) is 0 Å². The van der Waals surface area contributed by atoms with Gasteiger partial charge in [0.1, 0.15) is 0 Å². The van der Waals surface area contributed by atoms with Gasteiger partial charge in [0, 0.05) is 5.75 Å². The summed E-state index contributed by atoms with van der Waals surface area (Å²) in [7, 11) is 1.19. The Morgan fingerprint density at radius 2 is 2.00 bits per heavy atom. The van der Waals surface area contributed by atoms with E-state index < -0.39 is 17.9 Å². The number of halogens is 4. The minimum Gasteiger partial charge on any atom is -0.403 e. The molecule has 0 heterocycles. The van der Waals surface area contributed by atoms with Gasteiger partial charge >= 0.3 is 6.36 Å². The first-order valence-corrected chi connectivity index (χ1v) is 6.27. The fourth-order valence-corrected chi connectivity index (χ4v) is 1.69. The molecule has 0 amide bonds. The number of thiol groups is 1. The molecule has 0 bridgehead atoms. The minimum atomic E-state index is -4.88. The van der Waals surface area contributed by atoms with Crippen molar-refractivity contribution in [3.8, 4) is 5.75 Å². The van der Waals surface area contributed by atoms with Gasteiger partial charge in [0.05, 0.1) is 0 Å². The summed E-state index contributed by atoms with van der Waals surface area (Å²) in [5.41, 5.74) is 0.184. The van der Waals surface area contributed by atoms with E-state index >= 15 is 0 Å². The highest BCUT2D eigenvalue weighted by Gasteiger charge is 2.32. The minimum absolute atomic E-state index is 0.184. The van der Waals surface area contributed by atoms with Crippen molar-refractivity contribution in [2.75, 3.05) is 5.75 Å². The molecule has 0 aliphatic rings. The first kappa shape index (κ1) is 13.5. The first-order valence-electron chi connectivity index (χ1n) is 4.23. The predicted molar refractivity (Wildman–Crippen MR) is 58.2 cm³/mol. The molecule has 90 valence electrons. The summed E-state index contributed by atoms with van der Waals surface area (Å²) >= 11 is 3.86. The standard InChI is InChI=1S/C9H8F4OS2/c10-8-6(4-5-16-15)2-1-3-7(8)14-9(11,12)13/h1-3,15H,4-5H2. The maximum atomic E-state index is 13.5. The van der Waals surface area contributed by atoms with Crippen LogP contribution >= 0.6 is 22.5 Å². The summed E-state index contributed by atoms with van der Waals surface area (Å²) in [5.74, 6) is -1.26. The van der Waals surface area contributed by atoms with Crippen LogP contribution in [0.1, 0.15) is 5.56 Å². The van der Waals surface area contributed by atoms with Crippen molar-refractivity contribution in [3.63, 3.8) is 0 Å². The fourth-order valence-electron chi connectivity index (χ4n) is 1.11. The zero-order valence-corrected chi connectivity index (χ0v) is 9.63. The number of hydrogen-bond donors (Lipinski definition) is 1. The van der Waals surface area contributed by atoms with Crippen molar-refractivity contribution in [3.05, 3.63) is 29.6 Å². The Kier molecular flexibility index (Phi) is 4.79. The lowest BCUT2D eigenvalue weighted by atomic mass is 10.1. The molecule has 0 radical (unpaired) electrons. The molecule has 0 saturated heterocycles. The van der Waals surface area contributed by atoms with Crippen molar-refractivity contribution < 1.29 is 22.3 Å². The molecule has 1 aromatic carbocycles. The van der Waals surface area contributed by atoms with Crippen LogP contribution in [-0.4, -0.2) is 12.1 Å². The summed E-state index contributed by atoms with van der Waals surface area (Å²) in [6, 6.07) is 3.69. The van der Waals surface area contributed by atoms with E-state index in [-0.39, 0.29) is 5.56 Å². The normalized spacial score (nSPS) is 11.6. The van der Waals surface area contributed by atoms with Gasteiger partial charge in [0.15, 0.2) is 11.6 Å². The number of benzene rings is 1. The highest BCUT2D eigenvalue weighted by Crippen LogP contribution is 2.27. The van der Waals surface area contributed by atoms with E-state index in [9.17, 15) is 17.6 Å². The quantitative estimate of drug-likeness (QED) is 0.506. The second kappa shape index (κ2) is 5.67. The SMILES string of the molecule is Fc1c(CCSS)cccc1OC(F)(F)F. The largest absolute Gasteiger partial charge is 0.573 e. The van der Waals surface area contributed by atoms with E-state index in [1.54, 1.807) is 0 Å². The van der Waals surface area contributed by atoms with Crippen LogP contribution in [-0.2, 0) is 6.42 Å². The fraction of sp³-hybridized carbons (Fsp3) is 0.333. The van der Waals surface area contributed by atoms with E-state index in [0.29, 0.717) is 12.2 Å². The molecule has 1 rings (SSSR count). The van der Waals surface area contributed by atoms with Crippen LogP contribution in [0.5, 0.6) is 5.75 Å². The van der Waals surface area contributed by atoms with Crippen molar-refractivity contribution >= 4 is 22.5 Å². The molecule has 0 unspecified atom stereocenters. The molecule has 0 atom stereocenters. The molecule has 0 fully saturated rings. The number of rotatable bonds is 4. The van der Waals surface area contributed by atoms with Crippen LogP contribution in [0.2, 0.25) is 0 Å². The summed E-state index contributed by atoms with van der Waals surface area (Å²) < 4.78 is 52.7. The molecule has 0 aliphatic carbocycles. The Hall–Kier alpha value is -0.560. The van der Waals surface area contributed by atoms with Crippen molar-refractivity contribution in [2.45, 2.75) is 12.8 Å². The second-order valence-corrected chi connectivity index (χ2v) is 4.30. The second-order valence-electron chi connectivity index (χ2n) is 2.86. The van der Waals surface area contributed by atoms with Crippen molar-refractivity contribution in [2.24, 2.45) is 0 Å². The van der Waals surface area contributed by atoms with Gasteiger partial charge in [-0.05, 0) is 18.1 Å². The van der Waals surface area contributed by atoms with E-state index in [1.807, 2.05) is 0 Å². The Balaban J connectivity index is 2.86. The summed E-state index contributed by atoms with van der Waals surface area (Å²) in [6.07, 6.45) is -4.58. The van der Waals surface area contributed by atoms with Gasteiger partial charge in [0.25, 0.3) is 0 Å². The molecule has 0 aromatic heterocycles. The Labute approximate surface area is 99.0 Å². The van der Waals surface area contributed by atoms with E-state index in [0.717, 1.165) is 6.07 Å². The Morgan fingerprint density at radius 3 is 2.56 bits per heavy atom. The molecular formula is C9H8F4OS2. The summed E-state index contributed by atoms with van der Waals surface area (Å²) in [5, 5.41) is 0. The third kappa shape index (κ3) is 4.13. The van der Waals surface area contributed by atoms with Crippen molar-refractivity contribution in [1.82, 2.24) is 0 Å². The van der Waals surface area contributed by atoms with Crippen LogP contribution in [0.4, 0.5) is 17.6 Å². The predicted octanol–water partition coefficient (Wildman–Crippen LogP) is 3.84.